The fourth-order valence-electron chi connectivity index (χ4n) is 2.49. The Kier molecular flexibility index (Phi) is 5.09. The quantitative estimate of drug-likeness (QED) is 0.710. The largest absolute Gasteiger partial charge is 0.335 e. The summed E-state index contributed by atoms with van der Waals surface area (Å²) in [5.74, 6) is -1.19. The van der Waals surface area contributed by atoms with Gasteiger partial charge in [-0.3, -0.25) is 14.2 Å². The molecule has 1 unspecified atom stereocenters. The molecule has 2 aromatic carbocycles. The van der Waals surface area contributed by atoms with Crippen LogP contribution in [0.4, 0.5) is 4.39 Å². The van der Waals surface area contributed by atoms with Crippen LogP contribution in [-0.2, 0) is 11.3 Å². The van der Waals surface area contributed by atoms with Gasteiger partial charge in [0.25, 0.3) is 5.56 Å². The van der Waals surface area contributed by atoms with Gasteiger partial charge in [0.2, 0.25) is 5.91 Å². The molecule has 1 amide bonds. The zero-order valence-corrected chi connectivity index (χ0v) is 14.9. The first-order chi connectivity index (χ1) is 12.5. The van der Waals surface area contributed by atoms with Gasteiger partial charge >= 0.3 is 0 Å². The molecule has 8 heteroatoms. The second-order valence-electron chi connectivity index (χ2n) is 5.49. The van der Waals surface area contributed by atoms with Crippen LogP contribution in [0.5, 0.6) is 0 Å². The van der Waals surface area contributed by atoms with E-state index in [-0.39, 0.29) is 17.7 Å². The van der Waals surface area contributed by atoms with Crippen LogP contribution in [-0.4, -0.2) is 15.5 Å². The standard InChI is InChI=1S/C18H12BrFN4O2/c19-11-5-6-15-13(7-11)18(26)24(10-22-15)9-17(25)23-16(8-21)12-3-1-2-4-14(12)20/h1-7,10,16H,9H2,(H,23,25). The molecule has 1 N–H and O–H groups in total. The molecule has 0 radical (unpaired) electrons. The Morgan fingerprint density at radius 3 is 2.85 bits per heavy atom. The van der Waals surface area contributed by atoms with E-state index < -0.39 is 17.8 Å². The van der Waals surface area contributed by atoms with E-state index in [0.29, 0.717) is 10.9 Å². The number of benzene rings is 2. The van der Waals surface area contributed by atoms with Crippen LogP contribution in [0, 0.1) is 17.1 Å². The van der Waals surface area contributed by atoms with E-state index in [1.165, 1.54) is 24.5 Å². The number of hydrogen-bond acceptors (Lipinski definition) is 4. The zero-order chi connectivity index (χ0) is 18.7. The van der Waals surface area contributed by atoms with E-state index >= 15 is 0 Å². The van der Waals surface area contributed by atoms with Gasteiger partial charge in [-0.2, -0.15) is 5.26 Å². The second kappa shape index (κ2) is 7.45. The van der Waals surface area contributed by atoms with Crippen molar-refractivity contribution in [3.8, 4) is 6.07 Å². The lowest BCUT2D eigenvalue weighted by Crippen LogP contribution is -2.34. The number of halogens is 2. The lowest BCUT2D eigenvalue weighted by Gasteiger charge is -2.13. The van der Waals surface area contributed by atoms with Crippen LogP contribution < -0.4 is 10.9 Å². The van der Waals surface area contributed by atoms with Crippen molar-refractivity contribution in [1.29, 1.82) is 5.26 Å². The summed E-state index contributed by atoms with van der Waals surface area (Å²) < 4.78 is 15.7. The number of carbonyl (C=O) groups excluding carboxylic acids is 1. The van der Waals surface area contributed by atoms with Gasteiger partial charge in [0.1, 0.15) is 18.4 Å². The number of nitrogens with one attached hydrogen (secondary N) is 1. The topological polar surface area (TPSA) is 87.8 Å². The fourth-order valence-corrected chi connectivity index (χ4v) is 2.86. The van der Waals surface area contributed by atoms with Gasteiger partial charge in [-0.15, -0.1) is 0 Å². The van der Waals surface area contributed by atoms with Crippen LogP contribution in [0.15, 0.2) is 58.1 Å². The number of aromatic nitrogens is 2. The van der Waals surface area contributed by atoms with Crippen molar-refractivity contribution in [2.45, 2.75) is 12.6 Å². The summed E-state index contributed by atoms with van der Waals surface area (Å²) in [6.45, 7) is -0.332. The summed E-state index contributed by atoms with van der Waals surface area (Å²) in [5.41, 5.74) is 0.193. The predicted molar refractivity (Wildman–Crippen MR) is 96.6 cm³/mol. The maximum Gasteiger partial charge on any atom is 0.261 e. The maximum atomic E-state index is 13.8. The van der Waals surface area contributed by atoms with Gasteiger partial charge in [0, 0.05) is 10.0 Å². The normalized spacial score (nSPS) is 11.7. The van der Waals surface area contributed by atoms with E-state index in [4.69, 9.17) is 0 Å². The molecular formula is C18H12BrFN4O2. The number of fused-ring (bicyclic) bond motifs is 1. The molecule has 0 spiro atoms. The van der Waals surface area contributed by atoms with Crippen LogP contribution >= 0.6 is 15.9 Å². The van der Waals surface area contributed by atoms with Gasteiger partial charge in [-0.05, 0) is 24.3 Å². The Hall–Kier alpha value is -3.05. The van der Waals surface area contributed by atoms with E-state index in [1.807, 2.05) is 6.07 Å². The van der Waals surface area contributed by atoms with E-state index in [1.54, 1.807) is 24.3 Å². The second-order valence-corrected chi connectivity index (χ2v) is 6.41. The van der Waals surface area contributed by atoms with Crippen molar-refractivity contribution in [1.82, 2.24) is 14.9 Å². The summed E-state index contributed by atoms with van der Waals surface area (Å²) in [7, 11) is 0. The van der Waals surface area contributed by atoms with Gasteiger partial charge in [0.05, 0.1) is 23.3 Å². The minimum Gasteiger partial charge on any atom is -0.335 e. The number of rotatable bonds is 4. The molecule has 26 heavy (non-hydrogen) atoms. The zero-order valence-electron chi connectivity index (χ0n) is 13.3. The van der Waals surface area contributed by atoms with Crippen molar-refractivity contribution >= 4 is 32.7 Å². The van der Waals surface area contributed by atoms with Crippen LogP contribution in [0.25, 0.3) is 10.9 Å². The van der Waals surface area contributed by atoms with Gasteiger partial charge < -0.3 is 5.32 Å². The Labute approximate surface area is 156 Å². The number of amides is 1. The SMILES string of the molecule is N#CC(NC(=O)Cn1cnc2ccc(Br)cc2c1=O)c1ccccc1F. The Bertz CT molecular complexity index is 1090. The summed E-state index contributed by atoms with van der Waals surface area (Å²) in [6.07, 6.45) is 1.27. The maximum absolute atomic E-state index is 13.8. The van der Waals surface area contributed by atoms with E-state index in [2.05, 4.69) is 26.2 Å². The highest BCUT2D eigenvalue weighted by atomic mass is 79.9. The molecule has 1 heterocycles. The first-order valence-corrected chi connectivity index (χ1v) is 8.37. The number of carbonyl (C=O) groups is 1. The highest BCUT2D eigenvalue weighted by Gasteiger charge is 2.18. The van der Waals surface area contributed by atoms with Crippen molar-refractivity contribution < 1.29 is 9.18 Å². The van der Waals surface area contributed by atoms with Crippen LogP contribution in [0.1, 0.15) is 11.6 Å². The summed E-state index contributed by atoms with van der Waals surface area (Å²) in [4.78, 5) is 28.9. The Balaban J connectivity index is 1.83. The third-order valence-electron chi connectivity index (χ3n) is 3.75. The molecule has 0 bridgehead atoms. The van der Waals surface area contributed by atoms with Crippen molar-refractivity contribution in [3.05, 3.63) is 75.0 Å². The van der Waals surface area contributed by atoms with Crippen molar-refractivity contribution in [2.24, 2.45) is 0 Å². The highest BCUT2D eigenvalue weighted by molar-refractivity contribution is 9.10. The molecular weight excluding hydrogens is 403 g/mol. The summed E-state index contributed by atoms with van der Waals surface area (Å²) in [6, 6.07) is 11.5. The molecule has 0 aliphatic carbocycles. The summed E-state index contributed by atoms with van der Waals surface area (Å²) >= 11 is 3.29. The van der Waals surface area contributed by atoms with Gasteiger partial charge in [-0.1, -0.05) is 34.1 Å². The number of nitriles is 1. The van der Waals surface area contributed by atoms with Crippen molar-refractivity contribution in [2.75, 3.05) is 0 Å². The third kappa shape index (κ3) is 3.63. The minimum absolute atomic E-state index is 0.0660. The smallest absolute Gasteiger partial charge is 0.261 e. The summed E-state index contributed by atoms with van der Waals surface area (Å²) in [5, 5.41) is 12.0. The predicted octanol–water partition coefficient (Wildman–Crippen LogP) is 2.68. The molecule has 1 aromatic heterocycles. The van der Waals surface area contributed by atoms with Gasteiger partial charge in [0.15, 0.2) is 0 Å². The monoisotopic (exact) mass is 414 g/mol. The van der Waals surface area contributed by atoms with Crippen molar-refractivity contribution in [3.63, 3.8) is 0 Å². The Morgan fingerprint density at radius 2 is 2.12 bits per heavy atom. The molecule has 0 aliphatic heterocycles. The highest BCUT2D eigenvalue weighted by Crippen LogP contribution is 2.16. The Morgan fingerprint density at radius 1 is 1.35 bits per heavy atom. The molecule has 0 saturated carbocycles. The average molecular weight is 415 g/mol. The van der Waals surface area contributed by atoms with Gasteiger partial charge in [-0.25, -0.2) is 9.37 Å². The first-order valence-electron chi connectivity index (χ1n) is 7.57. The van der Waals surface area contributed by atoms with E-state index in [9.17, 15) is 19.2 Å². The molecule has 0 saturated heterocycles. The molecule has 3 rings (SSSR count). The minimum atomic E-state index is -1.15. The molecule has 0 fully saturated rings. The molecule has 3 aromatic rings. The first kappa shape index (κ1) is 17.8. The lowest BCUT2D eigenvalue weighted by molar-refractivity contribution is -0.122. The third-order valence-corrected chi connectivity index (χ3v) is 4.24. The average Bonchev–Trinajstić information content (AvgIpc) is 2.63. The molecule has 6 nitrogen and oxygen atoms in total. The molecule has 130 valence electrons. The van der Waals surface area contributed by atoms with Crippen LogP contribution in [0.2, 0.25) is 0 Å². The number of hydrogen-bond donors (Lipinski definition) is 1. The number of nitrogens with zero attached hydrogens (tertiary/aromatic N) is 3. The molecule has 1 atom stereocenters. The van der Waals surface area contributed by atoms with E-state index in [0.717, 1.165) is 9.04 Å². The lowest BCUT2D eigenvalue weighted by atomic mass is 10.1. The fraction of sp³-hybridized carbons (Fsp3) is 0.111. The van der Waals surface area contributed by atoms with Crippen LogP contribution in [0.3, 0.4) is 0 Å². The molecule has 0 aliphatic rings.